The fourth-order valence-electron chi connectivity index (χ4n) is 5.09. The molecule has 2 aliphatic rings. The van der Waals surface area contributed by atoms with Crippen LogP contribution < -0.4 is 4.74 Å². The van der Waals surface area contributed by atoms with E-state index in [9.17, 15) is 19.5 Å². The second-order valence-electron chi connectivity index (χ2n) is 8.89. The number of likely N-dealkylation sites (tertiary alicyclic amines) is 1. The van der Waals surface area contributed by atoms with Crippen molar-refractivity contribution < 1.29 is 33.4 Å². The Bertz CT molecular complexity index is 1370. The topological polar surface area (TPSA) is 122 Å². The molecule has 0 spiro atoms. The first-order valence-corrected chi connectivity index (χ1v) is 12.1. The zero-order valence-electron chi connectivity index (χ0n) is 20.5. The molecule has 0 saturated carbocycles. The Morgan fingerprint density at radius 1 is 1.16 bits per heavy atom. The monoisotopic (exact) mass is 505 g/mol. The van der Waals surface area contributed by atoms with Crippen LogP contribution in [0.3, 0.4) is 0 Å². The molecule has 1 atom stereocenters. The molecule has 2 aromatic heterocycles. The number of methoxy groups -OCH3 is 1. The third-order valence-electron chi connectivity index (χ3n) is 6.85. The zero-order chi connectivity index (χ0) is 26.1. The van der Waals surface area contributed by atoms with E-state index < -0.39 is 29.6 Å². The smallest absolute Gasteiger partial charge is 0.409 e. The van der Waals surface area contributed by atoms with Crippen LogP contribution in [0.25, 0.3) is 11.0 Å². The molecule has 1 aromatic carbocycles. The summed E-state index contributed by atoms with van der Waals surface area (Å²) >= 11 is 0. The van der Waals surface area contributed by atoms with E-state index >= 15 is 0 Å². The predicted molar refractivity (Wildman–Crippen MR) is 132 cm³/mol. The summed E-state index contributed by atoms with van der Waals surface area (Å²) in [5.41, 5.74) is 0.987. The predicted octanol–water partition coefficient (Wildman–Crippen LogP) is 4.04. The van der Waals surface area contributed by atoms with Gasteiger partial charge in [0.1, 0.15) is 0 Å². The number of rotatable bonds is 6. The maximum absolute atomic E-state index is 13.8. The van der Waals surface area contributed by atoms with E-state index in [4.69, 9.17) is 13.9 Å². The molecule has 2 amide bonds. The Hall–Kier alpha value is -4.34. The number of pyridine rings is 1. The van der Waals surface area contributed by atoms with Gasteiger partial charge in [-0.15, -0.1) is 0 Å². The van der Waals surface area contributed by atoms with Crippen LogP contribution in [0.4, 0.5) is 4.79 Å². The van der Waals surface area contributed by atoms with Crippen molar-refractivity contribution in [2.75, 3.05) is 26.8 Å². The number of hydrogen-bond donors (Lipinski definition) is 1. The van der Waals surface area contributed by atoms with Crippen molar-refractivity contribution in [3.63, 3.8) is 0 Å². The molecule has 1 unspecified atom stereocenters. The SMILES string of the molecule is CCOC(=O)N1CCC(N2C(=O)C(O)=C(C(=O)c3cc4cccc(OC)c4o3)C2c2ccncc2)CC1. The minimum absolute atomic E-state index is 0.00751. The fraction of sp³-hybridized carbons (Fsp3) is 0.333. The number of aliphatic hydroxyl groups is 1. The number of Topliss-reactive ketones (excluding diaryl/α,β-unsaturated/α-hetero) is 1. The van der Waals surface area contributed by atoms with E-state index in [1.165, 1.54) is 7.11 Å². The van der Waals surface area contributed by atoms with Gasteiger partial charge in [0.05, 0.1) is 25.3 Å². The third kappa shape index (κ3) is 4.28. The number of piperidine rings is 1. The summed E-state index contributed by atoms with van der Waals surface area (Å²) in [7, 11) is 1.51. The van der Waals surface area contributed by atoms with Gasteiger partial charge in [-0.2, -0.15) is 0 Å². The number of benzene rings is 1. The van der Waals surface area contributed by atoms with Gasteiger partial charge in [0.15, 0.2) is 22.9 Å². The highest BCUT2D eigenvalue weighted by Gasteiger charge is 2.48. The standard InChI is InChI=1S/C27H27N3O7/c1-3-36-27(34)29-13-9-18(10-14-29)30-22(16-7-11-28-12-8-16)21(24(32)26(30)33)23(31)20-15-17-5-4-6-19(35-2)25(17)37-20/h4-8,11-12,15,18,22,32H,3,9-10,13-14H2,1-2H3. The Morgan fingerprint density at radius 2 is 1.89 bits per heavy atom. The van der Waals surface area contributed by atoms with E-state index in [-0.39, 0.29) is 24.0 Å². The van der Waals surface area contributed by atoms with Gasteiger partial charge in [0.25, 0.3) is 5.91 Å². The summed E-state index contributed by atoms with van der Waals surface area (Å²) in [5.74, 6) is -1.36. The maximum Gasteiger partial charge on any atom is 0.409 e. The van der Waals surface area contributed by atoms with Gasteiger partial charge in [-0.1, -0.05) is 12.1 Å². The Morgan fingerprint density at radius 3 is 2.57 bits per heavy atom. The number of ketones is 1. The van der Waals surface area contributed by atoms with E-state index in [2.05, 4.69) is 4.98 Å². The lowest BCUT2D eigenvalue weighted by molar-refractivity contribution is -0.132. The Balaban J connectivity index is 1.50. The summed E-state index contributed by atoms with van der Waals surface area (Å²) in [5, 5.41) is 11.7. The first kappa shape index (κ1) is 24.4. The molecule has 0 radical (unpaired) electrons. The fourth-order valence-corrected chi connectivity index (χ4v) is 5.09. The van der Waals surface area contributed by atoms with Crippen LogP contribution in [0, 0.1) is 0 Å². The van der Waals surface area contributed by atoms with Gasteiger partial charge < -0.3 is 28.8 Å². The van der Waals surface area contributed by atoms with Gasteiger partial charge in [-0.25, -0.2) is 4.79 Å². The van der Waals surface area contributed by atoms with Crippen molar-refractivity contribution in [1.29, 1.82) is 0 Å². The molecular weight excluding hydrogens is 478 g/mol. The van der Waals surface area contributed by atoms with E-state index in [1.807, 2.05) is 0 Å². The van der Waals surface area contributed by atoms with Gasteiger partial charge in [-0.3, -0.25) is 14.6 Å². The van der Waals surface area contributed by atoms with Crippen molar-refractivity contribution in [3.05, 3.63) is 71.4 Å². The number of nitrogens with zero attached hydrogens (tertiary/aromatic N) is 3. The highest BCUT2D eigenvalue weighted by Crippen LogP contribution is 2.42. The van der Waals surface area contributed by atoms with Crippen molar-refractivity contribution in [2.24, 2.45) is 0 Å². The molecule has 0 aliphatic carbocycles. The maximum atomic E-state index is 13.8. The quantitative estimate of drug-likeness (QED) is 0.498. The van der Waals surface area contributed by atoms with Crippen molar-refractivity contribution in [1.82, 2.24) is 14.8 Å². The van der Waals surface area contributed by atoms with Crippen LogP contribution >= 0.6 is 0 Å². The number of aromatic nitrogens is 1. The van der Waals surface area contributed by atoms with Crippen molar-refractivity contribution in [3.8, 4) is 5.75 Å². The van der Waals surface area contributed by atoms with Crippen molar-refractivity contribution >= 4 is 28.8 Å². The number of hydrogen-bond acceptors (Lipinski definition) is 8. The van der Waals surface area contributed by atoms with Gasteiger partial charge in [-0.05, 0) is 49.6 Å². The second-order valence-corrected chi connectivity index (χ2v) is 8.89. The highest BCUT2D eigenvalue weighted by atomic mass is 16.6. The van der Waals surface area contributed by atoms with E-state index in [1.54, 1.807) is 65.5 Å². The molecule has 1 N–H and O–H groups in total. The third-order valence-corrected chi connectivity index (χ3v) is 6.85. The highest BCUT2D eigenvalue weighted by molar-refractivity contribution is 6.16. The lowest BCUT2D eigenvalue weighted by Crippen LogP contribution is -2.48. The Labute approximate surface area is 213 Å². The molecule has 1 fully saturated rings. The number of amides is 2. The summed E-state index contributed by atoms with van der Waals surface area (Å²) in [4.78, 5) is 46.6. The summed E-state index contributed by atoms with van der Waals surface area (Å²) < 4.78 is 16.3. The largest absolute Gasteiger partial charge is 0.503 e. The molecule has 192 valence electrons. The lowest BCUT2D eigenvalue weighted by atomic mass is 9.93. The molecule has 1 saturated heterocycles. The number of ether oxygens (including phenoxy) is 2. The summed E-state index contributed by atoms with van der Waals surface area (Å²) in [6.45, 7) is 2.82. The number of carbonyl (C=O) groups is 3. The molecular formula is C27H27N3O7. The Kier molecular flexibility index (Phi) is 6.56. The molecule has 10 nitrogen and oxygen atoms in total. The average Bonchev–Trinajstić information content (AvgIpc) is 3.48. The van der Waals surface area contributed by atoms with Crippen LogP contribution in [-0.2, 0) is 9.53 Å². The number of carbonyl (C=O) groups excluding carboxylic acids is 3. The van der Waals surface area contributed by atoms with Crippen molar-refractivity contribution in [2.45, 2.75) is 31.8 Å². The van der Waals surface area contributed by atoms with Gasteiger partial charge >= 0.3 is 6.09 Å². The molecule has 37 heavy (non-hydrogen) atoms. The minimum atomic E-state index is -0.836. The van der Waals surface area contributed by atoms with Crippen LogP contribution in [0.2, 0.25) is 0 Å². The summed E-state index contributed by atoms with van der Waals surface area (Å²) in [6, 6.07) is 9.16. The van der Waals surface area contributed by atoms with Crippen LogP contribution in [-0.4, -0.2) is 70.5 Å². The molecule has 4 heterocycles. The number of fused-ring (bicyclic) bond motifs is 1. The molecule has 5 rings (SSSR count). The average molecular weight is 506 g/mol. The molecule has 0 bridgehead atoms. The molecule has 3 aromatic rings. The van der Waals surface area contributed by atoms with Gasteiger partial charge in [0, 0.05) is 36.9 Å². The number of furan rings is 1. The zero-order valence-corrected chi connectivity index (χ0v) is 20.5. The van der Waals surface area contributed by atoms with Crippen LogP contribution in [0.1, 0.15) is 41.9 Å². The van der Waals surface area contributed by atoms with E-state index in [0.29, 0.717) is 48.2 Å². The second kappa shape index (κ2) is 9.96. The first-order chi connectivity index (χ1) is 17.9. The lowest BCUT2D eigenvalue weighted by Gasteiger charge is -2.39. The first-order valence-electron chi connectivity index (χ1n) is 12.1. The number of aliphatic hydroxyl groups excluding tert-OH is 1. The normalized spacial score (nSPS) is 18.5. The molecule has 10 heteroatoms. The van der Waals surface area contributed by atoms with Crippen LogP contribution in [0.15, 0.2) is 64.5 Å². The summed E-state index contributed by atoms with van der Waals surface area (Å²) in [6.07, 6.45) is 3.71. The van der Waals surface area contributed by atoms with Crippen LogP contribution in [0.5, 0.6) is 5.75 Å². The number of para-hydroxylation sites is 1. The molecule has 2 aliphatic heterocycles. The van der Waals surface area contributed by atoms with E-state index in [0.717, 1.165) is 0 Å². The minimum Gasteiger partial charge on any atom is -0.503 e. The van der Waals surface area contributed by atoms with Gasteiger partial charge in [0.2, 0.25) is 5.78 Å².